The van der Waals surface area contributed by atoms with Gasteiger partial charge in [-0.3, -0.25) is 4.79 Å². The fourth-order valence-corrected chi connectivity index (χ4v) is 2.80. The topological polar surface area (TPSA) is 80.2 Å². The number of phenols is 1. The first-order chi connectivity index (χ1) is 13.1. The second kappa shape index (κ2) is 8.23. The van der Waals surface area contributed by atoms with Gasteiger partial charge in [-0.15, -0.1) is 0 Å². The summed E-state index contributed by atoms with van der Waals surface area (Å²) in [6, 6.07) is 16.4. The van der Waals surface area contributed by atoms with Crippen molar-refractivity contribution in [3.05, 3.63) is 65.7 Å². The highest BCUT2D eigenvalue weighted by molar-refractivity contribution is 6.02. The zero-order chi connectivity index (χ0) is 19.2. The predicted octanol–water partition coefficient (Wildman–Crippen LogP) is 3.26. The number of rotatable bonds is 6. The Kier molecular flexibility index (Phi) is 5.56. The van der Waals surface area contributed by atoms with Crippen LogP contribution in [0, 0.1) is 0 Å². The molecule has 0 atom stereocenters. The lowest BCUT2D eigenvalue weighted by Gasteiger charge is -2.09. The molecule has 0 aromatic heterocycles. The van der Waals surface area contributed by atoms with Gasteiger partial charge in [-0.1, -0.05) is 36.4 Å². The number of hydrogen-bond acceptors (Lipinski definition) is 5. The van der Waals surface area contributed by atoms with Crippen LogP contribution in [-0.2, 0) is 11.2 Å². The quantitative estimate of drug-likeness (QED) is 0.520. The molecule has 0 saturated carbocycles. The smallest absolute Gasteiger partial charge is 0.244 e. The summed E-state index contributed by atoms with van der Waals surface area (Å²) in [4.78, 5) is 12.1. The van der Waals surface area contributed by atoms with Crippen molar-refractivity contribution in [2.75, 3.05) is 14.2 Å². The van der Waals surface area contributed by atoms with Crippen LogP contribution in [0.25, 0.3) is 10.8 Å². The van der Waals surface area contributed by atoms with E-state index in [-0.39, 0.29) is 18.1 Å². The number of hydrazone groups is 1. The van der Waals surface area contributed by atoms with Gasteiger partial charge in [-0.25, -0.2) is 5.43 Å². The van der Waals surface area contributed by atoms with Crippen LogP contribution < -0.4 is 14.9 Å². The van der Waals surface area contributed by atoms with Gasteiger partial charge in [-0.05, 0) is 34.5 Å². The summed E-state index contributed by atoms with van der Waals surface area (Å²) in [6.45, 7) is 0. The highest BCUT2D eigenvalue weighted by atomic mass is 16.5. The number of nitrogens with zero attached hydrogens (tertiary/aromatic N) is 1. The van der Waals surface area contributed by atoms with Gasteiger partial charge < -0.3 is 14.6 Å². The fraction of sp³-hybridized carbons (Fsp3) is 0.143. The second-order valence-corrected chi connectivity index (χ2v) is 5.88. The average Bonchev–Trinajstić information content (AvgIpc) is 2.69. The lowest BCUT2D eigenvalue weighted by atomic mass is 10.0. The summed E-state index contributed by atoms with van der Waals surface area (Å²) in [5.74, 6) is 0.989. The van der Waals surface area contributed by atoms with Crippen molar-refractivity contribution < 1.29 is 19.4 Å². The zero-order valence-corrected chi connectivity index (χ0v) is 15.1. The Labute approximate surface area is 157 Å². The molecule has 3 aromatic carbocycles. The maximum absolute atomic E-state index is 12.1. The molecule has 0 aliphatic carbocycles. The first-order valence-electron chi connectivity index (χ1n) is 8.36. The second-order valence-electron chi connectivity index (χ2n) is 5.88. The number of carbonyl (C=O) groups is 1. The molecule has 2 N–H and O–H groups in total. The van der Waals surface area contributed by atoms with Gasteiger partial charge in [0, 0.05) is 5.56 Å². The number of methoxy groups -OCH3 is 2. The van der Waals surface area contributed by atoms with Gasteiger partial charge in [0.2, 0.25) is 5.91 Å². The molecule has 6 heteroatoms. The number of phenolic OH excluding ortho intramolecular Hbond substituents is 1. The predicted molar refractivity (Wildman–Crippen MR) is 105 cm³/mol. The van der Waals surface area contributed by atoms with E-state index in [0.717, 1.165) is 16.3 Å². The monoisotopic (exact) mass is 364 g/mol. The van der Waals surface area contributed by atoms with Crippen LogP contribution >= 0.6 is 0 Å². The molecule has 0 unspecified atom stereocenters. The summed E-state index contributed by atoms with van der Waals surface area (Å²) in [7, 11) is 3.10. The van der Waals surface area contributed by atoms with E-state index in [9.17, 15) is 9.90 Å². The molecule has 0 fully saturated rings. The van der Waals surface area contributed by atoms with E-state index < -0.39 is 0 Å². The minimum Gasteiger partial charge on any atom is -0.507 e. The van der Waals surface area contributed by atoms with E-state index in [2.05, 4.69) is 10.5 Å². The molecule has 0 heterocycles. The summed E-state index contributed by atoms with van der Waals surface area (Å²) in [5.41, 5.74) is 3.81. The number of carbonyl (C=O) groups excluding carboxylic acids is 1. The van der Waals surface area contributed by atoms with Crippen LogP contribution in [0.5, 0.6) is 17.2 Å². The molecule has 0 radical (unpaired) electrons. The fourth-order valence-electron chi connectivity index (χ4n) is 2.80. The first-order valence-corrected chi connectivity index (χ1v) is 8.36. The Morgan fingerprint density at radius 1 is 1.07 bits per heavy atom. The van der Waals surface area contributed by atoms with Crippen LogP contribution in [0.2, 0.25) is 0 Å². The number of benzene rings is 3. The molecule has 27 heavy (non-hydrogen) atoms. The lowest BCUT2D eigenvalue weighted by Crippen LogP contribution is -2.19. The molecule has 6 nitrogen and oxygen atoms in total. The molecule has 3 rings (SSSR count). The number of aromatic hydroxyl groups is 1. The van der Waals surface area contributed by atoms with Crippen LogP contribution in [0.4, 0.5) is 0 Å². The van der Waals surface area contributed by atoms with Crippen molar-refractivity contribution in [1.29, 1.82) is 0 Å². The number of nitrogens with one attached hydrogen (secondary N) is 1. The zero-order valence-electron chi connectivity index (χ0n) is 15.1. The molecule has 0 spiro atoms. The number of hydrogen-bond donors (Lipinski definition) is 2. The minimum absolute atomic E-state index is 0.103. The summed E-state index contributed by atoms with van der Waals surface area (Å²) in [6.07, 6.45) is 1.59. The first kappa shape index (κ1) is 18.3. The van der Waals surface area contributed by atoms with Crippen molar-refractivity contribution >= 4 is 22.9 Å². The normalized spacial score (nSPS) is 10.9. The third-order valence-corrected chi connectivity index (χ3v) is 4.14. The standard InChI is InChI=1S/C21H20N2O4/c1-26-19-10-7-14(11-20(19)27-2)12-21(25)23-22-13-17-16-6-4-3-5-15(16)8-9-18(17)24/h3-11,13,24H,12H2,1-2H3,(H,23,25)/b22-13-. The summed E-state index contributed by atoms with van der Waals surface area (Å²) >= 11 is 0. The van der Waals surface area contributed by atoms with Crippen molar-refractivity contribution in [1.82, 2.24) is 5.43 Å². The molecule has 0 aliphatic heterocycles. The molecule has 0 saturated heterocycles. The van der Waals surface area contributed by atoms with Crippen LogP contribution in [0.1, 0.15) is 11.1 Å². The largest absolute Gasteiger partial charge is 0.507 e. The lowest BCUT2D eigenvalue weighted by molar-refractivity contribution is -0.120. The molecule has 1 amide bonds. The Hall–Kier alpha value is -3.54. The van der Waals surface area contributed by atoms with Gasteiger partial charge in [0.1, 0.15) is 5.75 Å². The average molecular weight is 364 g/mol. The Bertz CT molecular complexity index is 999. The van der Waals surface area contributed by atoms with Crippen LogP contribution in [0.3, 0.4) is 0 Å². The number of fused-ring (bicyclic) bond motifs is 1. The summed E-state index contributed by atoms with van der Waals surface area (Å²) in [5, 5.41) is 15.9. The molecular formula is C21H20N2O4. The van der Waals surface area contributed by atoms with Gasteiger partial charge in [-0.2, -0.15) is 5.10 Å². The van der Waals surface area contributed by atoms with Crippen molar-refractivity contribution in [2.45, 2.75) is 6.42 Å². The van der Waals surface area contributed by atoms with Crippen LogP contribution in [0.15, 0.2) is 59.7 Å². The molecule has 138 valence electrons. The highest BCUT2D eigenvalue weighted by Gasteiger charge is 2.08. The van der Waals surface area contributed by atoms with Crippen molar-refractivity contribution in [3.8, 4) is 17.2 Å². The number of ether oxygens (including phenoxy) is 2. The Balaban J connectivity index is 1.70. The van der Waals surface area contributed by atoms with Gasteiger partial charge in [0.25, 0.3) is 0 Å². The van der Waals surface area contributed by atoms with E-state index in [1.807, 2.05) is 30.3 Å². The Morgan fingerprint density at radius 2 is 1.85 bits per heavy atom. The molecule has 3 aromatic rings. The van der Waals surface area contributed by atoms with E-state index in [1.165, 1.54) is 6.21 Å². The SMILES string of the molecule is COc1ccc(CC(=O)N/N=C\c2c(O)ccc3ccccc23)cc1OC. The maximum Gasteiger partial charge on any atom is 0.244 e. The molecule has 0 aliphatic rings. The Morgan fingerprint density at radius 3 is 2.63 bits per heavy atom. The highest BCUT2D eigenvalue weighted by Crippen LogP contribution is 2.28. The third kappa shape index (κ3) is 4.17. The third-order valence-electron chi connectivity index (χ3n) is 4.14. The van der Waals surface area contributed by atoms with E-state index in [0.29, 0.717) is 17.1 Å². The minimum atomic E-state index is -0.279. The van der Waals surface area contributed by atoms with E-state index in [4.69, 9.17) is 9.47 Å². The number of amides is 1. The van der Waals surface area contributed by atoms with Crippen molar-refractivity contribution in [2.24, 2.45) is 5.10 Å². The maximum atomic E-state index is 12.1. The van der Waals surface area contributed by atoms with Crippen molar-refractivity contribution in [3.63, 3.8) is 0 Å². The van der Waals surface area contributed by atoms with Gasteiger partial charge >= 0.3 is 0 Å². The molecular weight excluding hydrogens is 344 g/mol. The van der Waals surface area contributed by atoms with Gasteiger partial charge in [0.15, 0.2) is 11.5 Å². The van der Waals surface area contributed by atoms with Gasteiger partial charge in [0.05, 0.1) is 26.9 Å². The summed E-state index contributed by atoms with van der Waals surface area (Å²) < 4.78 is 10.4. The molecule has 0 bridgehead atoms. The van der Waals surface area contributed by atoms with E-state index >= 15 is 0 Å². The van der Waals surface area contributed by atoms with Crippen LogP contribution in [-0.4, -0.2) is 31.4 Å². The van der Waals surface area contributed by atoms with E-state index in [1.54, 1.807) is 38.5 Å².